The van der Waals surface area contributed by atoms with Crippen molar-refractivity contribution in [3.05, 3.63) is 35.9 Å². The maximum atomic E-state index is 5.88. The van der Waals surface area contributed by atoms with E-state index in [0.717, 1.165) is 26.1 Å². The van der Waals surface area contributed by atoms with E-state index in [1.807, 2.05) is 6.07 Å². The minimum absolute atomic E-state index is 0.486. The van der Waals surface area contributed by atoms with E-state index >= 15 is 0 Å². The molecule has 0 bridgehead atoms. The standard InChI is InChI=1S/C13H19N3/c1-2-8-16-10-12(9-15-13(16)14)11-6-4-3-5-7-11/h3-7,12H,2,8-10H2,1H3,(H2,14,15). The van der Waals surface area contributed by atoms with E-state index in [4.69, 9.17) is 5.73 Å². The number of hydrogen-bond acceptors (Lipinski definition) is 3. The first-order valence-electron chi connectivity index (χ1n) is 5.91. The molecule has 1 atom stereocenters. The molecule has 16 heavy (non-hydrogen) atoms. The van der Waals surface area contributed by atoms with Gasteiger partial charge in [-0.05, 0) is 12.0 Å². The van der Waals surface area contributed by atoms with Crippen molar-refractivity contribution in [1.29, 1.82) is 0 Å². The monoisotopic (exact) mass is 217 g/mol. The summed E-state index contributed by atoms with van der Waals surface area (Å²) in [5, 5.41) is 0. The molecule has 1 heterocycles. The highest BCUT2D eigenvalue weighted by Gasteiger charge is 2.21. The van der Waals surface area contributed by atoms with Crippen LogP contribution in [0.2, 0.25) is 0 Å². The molecular weight excluding hydrogens is 198 g/mol. The summed E-state index contributed by atoms with van der Waals surface area (Å²) < 4.78 is 0. The van der Waals surface area contributed by atoms with Gasteiger partial charge in [0.1, 0.15) is 0 Å². The Labute approximate surface area is 97.0 Å². The largest absolute Gasteiger partial charge is 0.370 e. The Bertz CT molecular complexity index is 359. The van der Waals surface area contributed by atoms with E-state index in [0.29, 0.717) is 11.9 Å². The lowest BCUT2D eigenvalue weighted by molar-refractivity contribution is 0.362. The summed E-state index contributed by atoms with van der Waals surface area (Å²) in [7, 11) is 0. The summed E-state index contributed by atoms with van der Waals surface area (Å²) in [6.45, 7) is 4.97. The Balaban J connectivity index is 2.10. The van der Waals surface area contributed by atoms with E-state index < -0.39 is 0 Å². The van der Waals surface area contributed by atoms with Gasteiger partial charge in [-0.2, -0.15) is 0 Å². The molecule has 1 aliphatic heterocycles. The van der Waals surface area contributed by atoms with E-state index in [2.05, 4.69) is 41.1 Å². The van der Waals surface area contributed by atoms with Crippen LogP contribution >= 0.6 is 0 Å². The van der Waals surface area contributed by atoms with Gasteiger partial charge in [0.05, 0.1) is 6.54 Å². The van der Waals surface area contributed by atoms with Gasteiger partial charge in [-0.25, -0.2) is 0 Å². The molecule has 2 N–H and O–H groups in total. The third-order valence-electron chi connectivity index (χ3n) is 3.00. The van der Waals surface area contributed by atoms with Crippen molar-refractivity contribution in [2.45, 2.75) is 19.3 Å². The van der Waals surface area contributed by atoms with Crippen LogP contribution in [0.5, 0.6) is 0 Å². The van der Waals surface area contributed by atoms with Crippen LogP contribution in [0.25, 0.3) is 0 Å². The smallest absolute Gasteiger partial charge is 0.191 e. The molecule has 0 aliphatic carbocycles. The van der Waals surface area contributed by atoms with E-state index in [1.54, 1.807) is 0 Å². The molecule has 3 nitrogen and oxygen atoms in total. The minimum atomic E-state index is 0.486. The van der Waals surface area contributed by atoms with Crippen LogP contribution < -0.4 is 5.73 Å². The van der Waals surface area contributed by atoms with Gasteiger partial charge >= 0.3 is 0 Å². The molecule has 1 unspecified atom stereocenters. The van der Waals surface area contributed by atoms with Crippen molar-refractivity contribution in [3.8, 4) is 0 Å². The van der Waals surface area contributed by atoms with Gasteiger partial charge < -0.3 is 10.6 Å². The quantitative estimate of drug-likeness (QED) is 0.839. The summed E-state index contributed by atoms with van der Waals surface area (Å²) in [6.07, 6.45) is 1.11. The molecule has 86 valence electrons. The van der Waals surface area contributed by atoms with Crippen molar-refractivity contribution in [2.75, 3.05) is 19.6 Å². The Hall–Kier alpha value is -1.51. The molecule has 0 radical (unpaired) electrons. The van der Waals surface area contributed by atoms with Crippen LogP contribution in [0.15, 0.2) is 35.3 Å². The zero-order valence-electron chi connectivity index (χ0n) is 9.76. The molecule has 0 saturated carbocycles. The number of guanidine groups is 1. The van der Waals surface area contributed by atoms with Crippen LogP contribution in [0, 0.1) is 0 Å². The SMILES string of the molecule is CCCN1CC(c2ccccc2)CN=C1N. The molecular formula is C13H19N3. The molecule has 1 aromatic rings. The van der Waals surface area contributed by atoms with Gasteiger partial charge in [-0.15, -0.1) is 0 Å². The number of rotatable bonds is 3. The molecule has 1 aliphatic rings. The van der Waals surface area contributed by atoms with Crippen LogP contribution in [0.1, 0.15) is 24.8 Å². The van der Waals surface area contributed by atoms with E-state index in [9.17, 15) is 0 Å². The fourth-order valence-electron chi connectivity index (χ4n) is 2.13. The van der Waals surface area contributed by atoms with Gasteiger partial charge in [0.2, 0.25) is 0 Å². The molecule has 0 spiro atoms. The van der Waals surface area contributed by atoms with Gasteiger partial charge in [-0.1, -0.05) is 37.3 Å². The second-order valence-electron chi connectivity index (χ2n) is 4.25. The Morgan fingerprint density at radius 2 is 2.12 bits per heavy atom. The third-order valence-corrected chi connectivity index (χ3v) is 3.00. The number of aliphatic imine (C=N–C) groups is 1. The van der Waals surface area contributed by atoms with Crippen LogP contribution in [0.4, 0.5) is 0 Å². The maximum absolute atomic E-state index is 5.88. The zero-order valence-corrected chi connectivity index (χ0v) is 9.76. The lowest BCUT2D eigenvalue weighted by Crippen LogP contribution is -2.44. The average molecular weight is 217 g/mol. The van der Waals surface area contributed by atoms with Gasteiger partial charge in [-0.3, -0.25) is 4.99 Å². The first kappa shape index (κ1) is 11.0. The average Bonchev–Trinajstić information content (AvgIpc) is 2.33. The normalized spacial score (nSPS) is 20.7. The Morgan fingerprint density at radius 1 is 1.38 bits per heavy atom. The topological polar surface area (TPSA) is 41.6 Å². The summed E-state index contributed by atoms with van der Waals surface area (Å²) in [4.78, 5) is 6.59. The number of nitrogens with two attached hydrogens (primary N) is 1. The van der Waals surface area contributed by atoms with E-state index in [-0.39, 0.29) is 0 Å². The van der Waals surface area contributed by atoms with Crippen LogP contribution in [-0.4, -0.2) is 30.5 Å². The number of nitrogens with zero attached hydrogens (tertiary/aromatic N) is 2. The molecule has 0 amide bonds. The second-order valence-corrected chi connectivity index (χ2v) is 4.25. The summed E-state index contributed by atoms with van der Waals surface area (Å²) in [5.74, 6) is 1.19. The van der Waals surface area contributed by atoms with Crippen LogP contribution in [0.3, 0.4) is 0 Å². The first-order valence-corrected chi connectivity index (χ1v) is 5.91. The lowest BCUT2D eigenvalue weighted by Gasteiger charge is -2.32. The minimum Gasteiger partial charge on any atom is -0.370 e. The molecule has 3 heteroatoms. The van der Waals surface area contributed by atoms with Crippen molar-refractivity contribution in [2.24, 2.45) is 10.7 Å². The molecule has 1 aromatic carbocycles. The van der Waals surface area contributed by atoms with Gasteiger partial charge in [0.15, 0.2) is 5.96 Å². The summed E-state index contributed by atoms with van der Waals surface area (Å²) in [6, 6.07) is 10.6. The van der Waals surface area contributed by atoms with E-state index in [1.165, 1.54) is 5.56 Å². The highest BCUT2D eigenvalue weighted by atomic mass is 15.3. The maximum Gasteiger partial charge on any atom is 0.191 e. The number of hydrogen-bond donors (Lipinski definition) is 1. The van der Waals surface area contributed by atoms with Gasteiger partial charge in [0, 0.05) is 19.0 Å². The van der Waals surface area contributed by atoms with Crippen molar-refractivity contribution in [3.63, 3.8) is 0 Å². The lowest BCUT2D eigenvalue weighted by atomic mass is 9.97. The predicted molar refractivity (Wildman–Crippen MR) is 67.5 cm³/mol. The van der Waals surface area contributed by atoms with Crippen molar-refractivity contribution in [1.82, 2.24) is 4.90 Å². The summed E-state index contributed by atoms with van der Waals surface area (Å²) in [5.41, 5.74) is 7.24. The third kappa shape index (κ3) is 2.35. The van der Waals surface area contributed by atoms with Gasteiger partial charge in [0.25, 0.3) is 0 Å². The fraction of sp³-hybridized carbons (Fsp3) is 0.462. The zero-order chi connectivity index (χ0) is 11.4. The fourth-order valence-corrected chi connectivity index (χ4v) is 2.13. The molecule has 0 aromatic heterocycles. The predicted octanol–water partition coefficient (Wildman–Crippen LogP) is 1.81. The molecule has 0 fully saturated rings. The van der Waals surface area contributed by atoms with Crippen molar-refractivity contribution >= 4 is 5.96 Å². The van der Waals surface area contributed by atoms with Crippen LogP contribution in [-0.2, 0) is 0 Å². The number of benzene rings is 1. The highest BCUT2D eigenvalue weighted by Crippen LogP contribution is 2.20. The van der Waals surface area contributed by atoms with Crippen molar-refractivity contribution < 1.29 is 0 Å². The second kappa shape index (κ2) is 5.01. The highest BCUT2D eigenvalue weighted by molar-refractivity contribution is 5.78. The Morgan fingerprint density at radius 3 is 2.81 bits per heavy atom. The molecule has 2 rings (SSSR count). The summed E-state index contributed by atoms with van der Waals surface area (Å²) >= 11 is 0. The first-order chi connectivity index (χ1) is 7.81. The Kier molecular flexibility index (Phi) is 3.44. The molecule has 0 saturated heterocycles.